The molecule has 0 fully saturated rings. The smallest absolute Gasteiger partial charge is 0.424 e. The molecule has 2 aromatic rings. The molecule has 0 saturated carbocycles. The summed E-state index contributed by atoms with van der Waals surface area (Å²) in [5, 5.41) is 12.4. The molecule has 0 bridgehead atoms. The summed E-state index contributed by atoms with van der Waals surface area (Å²) in [5.41, 5.74) is -3.17. The largest absolute Gasteiger partial charge is 0.463 e. The molecule has 0 spiro atoms. The normalized spacial score (nSPS) is 14.6. The molecule has 148 valence electrons. The maximum Gasteiger partial charge on any atom is 0.424 e. The number of aliphatic hydroxyl groups is 1. The molecular formula is C17H18F3NO5S. The van der Waals surface area contributed by atoms with Crippen molar-refractivity contribution >= 4 is 15.7 Å². The molecule has 1 heterocycles. The van der Waals surface area contributed by atoms with Gasteiger partial charge in [0.15, 0.2) is 9.84 Å². The highest BCUT2D eigenvalue weighted by Crippen LogP contribution is 2.42. The predicted molar refractivity (Wildman–Crippen MR) is 89.9 cm³/mol. The van der Waals surface area contributed by atoms with E-state index in [2.05, 4.69) is 5.32 Å². The van der Waals surface area contributed by atoms with Crippen LogP contribution in [0, 0.1) is 6.92 Å². The molecule has 1 amide bonds. The van der Waals surface area contributed by atoms with E-state index in [0.29, 0.717) is 0 Å². The van der Waals surface area contributed by atoms with Gasteiger partial charge in [0.1, 0.15) is 11.5 Å². The van der Waals surface area contributed by atoms with E-state index >= 15 is 0 Å². The van der Waals surface area contributed by atoms with Crippen LogP contribution in [-0.2, 0) is 15.4 Å². The zero-order valence-corrected chi connectivity index (χ0v) is 15.3. The molecule has 0 saturated heterocycles. The third kappa shape index (κ3) is 4.69. The standard InChI is InChI=1S/C17H18F3NO5S/c1-11-3-8-14(26-11)16(23,17(18,19)20)9-10-21-15(22)12-4-6-13(7-5-12)27(2,24)25/h3-8,23H,9-10H2,1-2H3,(H,21,22)/t16-/m0/s1. The van der Waals surface area contributed by atoms with Gasteiger partial charge in [-0.3, -0.25) is 4.79 Å². The summed E-state index contributed by atoms with van der Waals surface area (Å²) in [6.07, 6.45) is -4.84. The van der Waals surface area contributed by atoms with Crippen molar-refractivity contribution < 1.29 is 35.9 Å². The van der Waals surface area contributed by atoms with Gasteiger partial charge in [0, 0.05) is 24.8 Å². The quantitative estimate of drug-likeness (QED) is 0.770. The molecule has 0 radical (unpaired) electrons. The molecule has 2 N–H and O–H groups in total. The molecule has 2 rings (SSSR count). The lowest BCUT2D eigenvalue weighted by atomic mass is 9.95. The Morgan fingerprint density at radius 2 is 1.74 bits per heavy atom. The first kappa shape index (κ1) is 21.0. The van der Waals surface area contributed by atoms with Crippen LogP contribution in [0.25, 0.3) is 0 Å². The Hall–Kier alpha value is -2.33. The minimum absolute atomic E-state index is 0.0127. The highest BCUT2D eigenvalue weighted by molar-refractivity contribution is 7.90. The number of furan rings is 1. The fourth-order valence-electron chi connectivity index (χ4n) is 2.37. The van der Waals surface area contributed by atoms with Gasteiger partial charge in [0.05, 0.1) is 4.90 Å². The number of hydrogen-bond acceptors (Lipinski definition) is 5. The van der Waals surface area contributed by atoms with Gasteiger partial charge in [0.25, 0.3) is 5.91 Å². The maximum atomic E-state index is 13.3. The van der Waals surface area contributed by atoms with Gasteiger partial charge in [-0.05, 0) is 43.3 Å². The first-order valence-electron chi connectivity index (χ1n) is 7.79. The number of rotatable bonds is 6. The second-order valence-corrected chi connectivity index (χ2v) is 8.09. The van der Waals surface area contributed by atoms with Crippen molar-refractivity contribution in [1.82, 2.24) is 5.32 Å². The van der Waals surface area contributed by atoms with Crippen LogP contribution >= 0.6 is 0 Å². The molecule has 1 atom stereocenters. The average molecular weight is 405 g/mol. The van der Waals surface area contributed by atoms with E-state index in [4.69, 9.17) is 4.42 Å². The number of nitrogens with one attached hydrogen (secondary N) is 1. The molecule has 1 aromatic heterocycles. The molecule has 10 heteroatoms. The Morgan fingerprint density at radius 3 is 2.19 bits per heavy atom. The van der Waals surface area contributed by atoms with E-state index in [1.165, 1.54) is 37.3 Å². The number of aryl methyl sites for hydroxylation is 1. The number of carbonyl (C=O) groups is 1. The fraction of sp³-hybridized carbons (Fsp3) is 0.353. The van der Waals surface area contributed by atoms with Gasteiger partial charge >= 0.3 is 6.18 Å². The van der Waals surface area contributed by atoms with Crippen molar-refractivity contribution in [3.63, 3.8) is 0 Å². The van der Waals surface area contributed by atoms with E-state index in [0.717, 1.165) is 12.3 Å². The Morgan fingerprint density at radius 1 is 1.15 bits per heavy atom. The third-order valence-electron chi connectivity index (χ3n) is 3.93. The van der Waals surface area contributed by atoms with Crippen molar-refractivity contribution in [2.24, 2.45) is 0 Å². The van der Waals surface area contributed by atoms with Gasteiger partial charge in [-0.15, -0.1) is 0 Å². The van der Waals surface area contributed by atoms with Gasteiger partial charge in [0.2, 0.25) is 5.60 Å². The number of halogens is 3. The van der Waals surface area contributed by atoms with Crippen molar-refractivity contribution in [2.45, 2.75) is 30.0 Å². The van der Waals surface area contributed by atoms with Crippen molar-refractivity contribution in [3.8, 4) is 0 Å². The SMILES string of the molecule is Cc1ccc([C@@](O)(CCNC(=O)c2ccc(S(C)(=O)=O)cc2)C(F)(F)F)o1. The fourth-order valence-corrected chi connectivity index (χ4v) is 3.00. The molecule has 0 aliphatic heterocycles. The zero-order valence-electron chi connectivity index (χ0n) is 14.5. The van der Waals surface area contributed by atoms with Crippen molar-refractivity contribution in [2.75, 3.05) is 12.8 Å². The van der Waals surface area contributed by atoms with E-state index in [1.54, 1.807) is 0 Å². The second kappa shape index (κ2) is 7.35. The number of benzene rings is 1. The van der Waals surface area contributed by atoms with Gasteiger partial charge < -0.3 is 14.8 Å². The van der Waals surface area contributed by atoms with Gasteiger partial charge in [-0.2, -0.15) is 13.2 Å². The summed E-state index contributed by atoms with van der Waals surface area (Å²) in [7, 11) is -3.43. The van der Waals surface area contributed by atoms with Crippen LogP contribution < -0.4 is 5.32 Å². The van der Waals surface area contributed by atoms with Crippen LogP contribution in [0.1, 0.15) is 28.3 Å². The molecule has 6 nitrogen and oxygen atoms in total. The summed E-state index contributed by atoms with van der Waals surface area (Å²) in [6, 6.07) is 7.28. The maximum absolute atomic E-state index is 13.3. The number of hydrogen-bond donors (Lipinski definition) is 2. The van der Waals surface area contributed by atoms with Crippen LogP contribution in [0.3, 0.4) is 0 Å². The molecule has 0 aliphatic rings. The minimum atomic E-state index is -5.00. The number of alkyl halides is 3. The zero-order chi connectivity index (χ0) is 20.5. The van der Waals surface area contributed by atoms with Crippen LogP contribution in [0.5, 0.6) is 0 Å². The Labute approximate surface area is 153 Å². The number of amides is 1. The lowest BCUT2D eigenvalue weighted by molar-refractivity contribution is -0.274. The molecular weight excluding hydrogens is 387 g/mol. The van der Waals surface area contributed by atoms with E-state index in [9.17, 15) is 31.5 Å². The lowest BCUT2D eigenvalue weighted by Crippen LogP contribution is -2.44. The van der Waals surface area contributed by atoms with Crippen LogP contribution in [0.15, 0.2) is 45.7 Å². The van der Waals surface area contributed by atoms with Crippen LogP contribution in [0.2, 0.25) is 0 Å². The summed E-state index contributed by atoms with van der Waals surface area (Å²) < 4.78 is 67.7. The van der Waals surface area contributed by atoms with E-state index < -0.39 is 46.2 Å². The Kier molecular flexibility index (Phi) is 5.71. The van der Waals surface area contributed by atoms with Gasteiger partial charge in [-0.25, -0.2) is 8.42 Å². The lowest BCUT2D eigenvalue weighted by Gasteiger charge is -2.28. The Bertz CT molecular complexity index is 919. The van der Waals surface area contributed by atoms with Crippen LogP contribution in [0.4, 0.5) is 13.2 Å². The van der Waals surface area contributed by atoms with Gasteiger partial charge in [-0.1, -0.05) is 0 Å². The Balaban J connectivity index is 2.07. The molecule has 0 unspecified atom stereocenters. The predicted octanol–water partition coefficient (Wildman–Crippen LogP) is 2.56. The molecule has 1 aromatic carbocycles. The highest BCUT2D eigenvalue weighted by atomic mass is 32.2. The van der Waals surface area contributed by atoms with Crippen molar-refractivity contribution in [3.05, 3.63) is 53.5 Å². The summed E-state index contributed by atoms with van der Waals surface area (Å²) in [5.74, 6) is -1.14. The first-order chi connectivity index (χ1) is 12.3. The molecule has 0 aliphatic carbocycles. The second-order valence-electron chi connectivity index (χ2n) is 6.07. The summed E-state index contributed by atoms with van der Waals surface area (Å²) in [4.78, 5) is 12.0. The first-order valence-corrected chi connectivity index (χ1v) is 9.68. The van der Waals surface area contributed by atoms with Crippen LogP contribution in [-0.4, -0.2) is 38.4 Å². The third-order valence-corrected chi connectivity index (χ3v) is 5.06. The van der Waals surface area contributed by atoms with Crippen molar-refractivity contribution in [1.29, 1.82) is 0 Å². The number of carbonyl (C=O) groups excluding carboxylic acids is 1. The summed E-state index contributed by atoms with van der Waals surface area (Å²) in [6.45, 7) is 0.963. The molecule has 27 heavy (non-hydrogen) atoms. The average Bonchev–Trinajstić information content (AvgIpc) is 2.99. The minimum Gasteiger partial charge on any atom is -0.463 e. The van der Waals surface area contributed by atoms with E-state index in [1.807, 2.05) is 0 Å². The topological polar surface area (TPSA) is 96.6 Å². The monoisotopic (exact) mass is 405 g/mol. The summed E-state index contributed by atoms with van der Waals surface area (Å²) >= 11 is 0. The number of sulfone groups is 1. The highest BCUT2D eigenvalue weighted by Gasteiger charge is 2.56. The van der Waals surface area contributed by atoms with E-state index in [-0.39, 0.29) is 16.2 Å².